The van der Waals surface area contributed by atoms with E-state index in [1.165, 1.54) is 0 Å². The van der Waals surface area contributed by atoms with Crippen LogP contribution in [0.4, 0.5) is 13.6 Å². The molecule has 2 aromatic rings. The van der Waals surface area contributed by atoms with Gasteiger partial charge in [-0.3, -0.25) is 4.57 Å². The molecule has 9 heteroatoms. The highest BCUT2D eigenvalue weighted by atomic mass is 35.5. The molecule has 1 amide bonds. The average Bonchev–Trinajstić information content (AvgIpc) is 2.97. The van der Waals surface area contributed by atoms with Crippen molar-refractivity contribution < 1.29 is 18.3 Å². The molecule has 0 saturated heterocycles. The third-order valence-corrected chi connectivity index (χ3v) is 5.97. The van der Waals surface area contributed by atoms with Gasteiger partial charge in [-0.25, -0.2) is 13.6 Å². The Kier molecular flexibility index (Phi) is 5.70. The number of rotatable bonds is 2. The molecule has 1 saturated carbocycles. The summed E-state index contributed by atoms with van der Waals surface area (Å²) in [5.74, 6) is -1.30. The van der Waals surface area contributed by atoms with Gasteiger partial charge in [0.1, 0.15) is 17.2 Å². The number of alkyl carbamates (subject to hydrolysis) is 1. The zero-order valence-electron chi connectivity index (χ0n) is 17.9. The molecule has 0 spiro atoms. The molecular weight excluding hydrogens is 426 g/mol. The molecule has 1 fully saturated rings. The predicted octanol–water partition coefficient (Wildman–Crippen LogP) is 5.21. The Bertz CT molecular complexity index is 976. The van der Waals surface area contributed by atoms with Gasteiger partial charge >= 0.3 is 6.09 Å². The number of hydrogen-bond donors (Lipinski definition) is 1. The number of fused-ring (bicyclic) bond motifs is 3. The number of nitrogens with one attached hydrogen (secondary N) is 1. The monoisotopic (exact) mass is 452 g/mol. The Labute approximate surface area is 185 Å². The van der Waals surface area contributed by atoms with Crippen LogP contribution in [0.15, 0.2) is 18.2 Å². The number of carbonyl (C=O) groups excluding carboxylic acids is 1. The van der Waals surface area contributed by atoms with E-state index in [-0.39, 0.29) is 24.8 Å². The van der Waals surface area contributed by atoms with Crippen LogP contribution in [-0.4, -0.2) is 38.4 Å². The van der Waals surface area contributed by atoms with Crippen LogP contribution in [0.2, 0.25) is 5.02 Å². The number of hydrogen-bond acceptors (Lipinski definition) is 4. The van der Waals surface area contributed by atoms with E-state index in [9.17, 15) is 13.6 Å². The lowest BCUT2D eigenvalue weighted by Crippen LogP contribution is -2.41. The summed E-state index contributed by atoms with van der Waals surface area (Å²) >= 11 is 6.26. The van der Waals surface area contributed by atoms with Gasteiger partial charge in [0.15, 0.2) is 0 Å². The summed E-state index contributed by atoms with van der Waals surface area (Å²) in [4.78, 5) is 12.4. The first kappa shape index (κ1) is 22.0. The maximum atomic E-state index is 13.7. The lowest BCUT2D eigenvalue weighted by atomic mass is 9.86. The second kappa shape index (κ2) is 8.04. The Morgan fingerprint density at radius 2 is 1.94 bits per heavy atom. The molecule has 31 heavy (non-hydrogen) atoms. The van der Waals surface area contributed by atoms with Crippen LogP contribution in [0.5, 0.6) is 0 Å². The maximum Gasteiger partial charge on any atom is 0.407 e. The van der Waals surface area contributed by atoms with E-state index in [4.69, 9.17) is 16.3 Å². The van der Waals surface area contributed by atoms with Gasteiger partial charge in [-0.05, 0) is 63.8 Å². The fourth-order valence-electron chi connectivity index (χ4n) is 4.36. The SMILES string of the molecule is CC(C)(C)OC(=O)NC1Cc2cc(Cl)ccc2-n2c(nnc2C2CCC(F)(F)CC2)C1. The highest BCUT2D eigenvalue weighted by Crippen LogP contribution is 2.41. The molecule has 1 aromatic heterocycles. The number of ether oxygens (including phenoxy) is 1. The molecule has 168 valence electrons. The zero-order valence-corrected chi connectivity index (χ0v) is 18.7. The summed E-state index contributed by atoms with van der Waals surface area (Å²) in [6.07, 6.45) is 0.944. The van der Waals surface area contributed by atoms with E-state index in [0.717, 1.165) is 11.3 Å². The maximum absolute atomic E-state index is 13.7. The number of halogens is 3. The molecule has 0 bridgehead atoms. The predicted molar refractivity (Wildman–Crippen MR) is 113 cm³/mol. The third kappa shape index (κ3) is 5.00. The van der Waals surface area contributed by atoms with Gasteiger partial charge < -0.3 is 10.1 Å². The van der Waals surface area contributed by atoms with Crippen LogP contribution in [-0.2, 0) is 17.6 Å². The van der Waals surface area contributed by atoms with E-state index in [2.05, 4.69) is 15.5 Å². The smallest absolute Gasteiger partial charge is 0.407 e. The first-order valence-corrected chi connectivity index (χ1v) is 11.0. The average molecular weight is 453 g/mol. The minimum atomic E-state index is -2.61. The van der Waals surface area contributed by atoms with Gasteiger partial charge in [-0.15, -0.1) is 10.2 Å². The molecule has 2 heterocycles. The second-order valence-corrected chi connectivity index (χ2v) is 9.90. The van der Waals surface area contributed by atoms with Gasteiger partial charge in [0, 0.05) is 36.2 Å². The van der Waals surface area contributed by atoms with Crippen molar-refractivity contribution in [3.63, 3.8) is 0 Å². The van der Waals surface area contributed by atoms with Gasteiger partial charge in [-0.1, -0.05) is 11.6 Å². The molecule has 1 atom stereocenters. The molecular formula is C22H27ClF2N4O2. The van der Waals surface area contributed by atoms with E-state index in [1.807, 2.05) is 37.5 Å². The van der Waals surface area contributed by atoms with Crippen LogP contribution in [0.25, 0.3) is 5.69 Å². The molecule has 1 aliphatic heterocycles. The molecule has 6 nitrogen and oxygen atoms in total. The lowest BCUT2D eigenvalue weighted by Gasteiger charge is -2.28. The summed E-state index contributed by atoms with van der Waals surface area (Å²) in [6.45, 7) is 5.43. The summed E-state index contributed by atoms with van der Waals surface area (Å²) < 4.78 is 34.8. The minimum Gasteiger partial charge on any atom is -0.444 e. The first-order chi connectivity index (χ1) is 14.5. The van der Waals surface area contributed by atoms with Crippen molar-refractivity contribution in [2.75, 3.05) is 0 Å². The molecule has 1 unspecified atom stereocenters. The Balaban J connectivity index is 1.66. The van der Waals surface area contributed by atoms with Gasteiger partial charge in [0.2, 0.25) is 5.92 Å². The largest absolute Gasteiger partial charge is 0.444 e. The van der Waals surface area contributed by atoms with Crippen molar-refractivity contribution in [2.45, 2.75) is 82.8 Å². The highest BCUT2D eigenvalue weighted by molar-refractivity contribution is 6.30. The first-order valence-electron chi connectivity index (χ1n) is 10.6. The molecule has 1 N–H and O–H groups in total. The molecule has 1 aromatic carbocycles. The van der Waals surface area contributed by atoms with E-state index >= 15 is 0 Å². The summed E-state index contributed by atoms with van der Waals surface area (Å²) in [7, 11) is 0. The van der Waals surface area contributed by atoms with Crippen molar-refractivity contribution in [3.05, 3.63) is 40.4 Å². The van der Waals surface area contributed by atoms with Crippen molar-refractivity contribution in [1.82, 2.24) is 20.1 Å². The van der Waals surface area contributed by atoms with Crippen molar-refractivity contribution in [2.24, 2.45) is 0 Å². The quantitative estimate of drug-likeness (QED) is 0.679. The summed E-state index contributed by atoms with van der Waals surface area (Å²) in [6, 6.07) is 5.31. The van der Waals surface area contributed by atoms with Crippen LogP contribution >= 0.6 is 11.6 Å². The molecule has 2 aliphatic rings. The van der Waals surface area contributed by atoms with Crippen LogP contribution < -0.4 is 5.32 Å². The van der Waals surface area contributed by atoms with Crippen molar-refractivity contribution in [1.29, 1.82) is 0 Å². The van der Waals surface area contributed by atoms with Crippen LogP contribution in [0.3, 0.4) is 0 Å². The number of aromatic nitrogens is 3. The number of benzene rings is 1. The lowest BCUT2D eigenvalue weighted by molar-refractivity contribution is -0.0389. The summed E-state index contributed by atoms with van der Waals surface area (Å²) in [5, 5.41) is 12.3. The summed E-state index contributed by atoms with van der Waals surface area (Å²) in [5.41, 5.74) is 1.21. The number of amides is 1. The van der Waals surface area contributed by atoms with E-state index in [0.29, 0.717) is 42.4 Å². The van der Waals surface area contributed by atoms with Crippen molar-refractivity contribution >= 4 is 17.7 Å². The van der Waals surface area contributed by atoms with Gasteiger partial charge in [0.25, 0.3) is 0 Å². The number of nitrogens with zero attached hydrogens (tertiary/aromatic N) is 3. The number of carbonyl (C=O) groups is 1. The van der Waals surface area contributed by atoms with Crippen molar-refractivity contribution in [3.8, 4) is 5.69 Å². The van der Waals surface area contributed by atoms with E-state index in [1.54, 1.807) is 6.07 Å². The fourth-order valence-corrected chi connectivity index (χ4v) is 4.55. The molecule has 1 aliphatic carbocycles. The van der Waals surface area contributed by atoms with Gasteiger partial charge in [0.05, 0.1) is 5.69 Å². The minimum absolute atomic E-state index is 0.0835. The number of alkyl halides is 2. The Morgan fingerprint density at radius 1 is 1.23 bits per heavy atom. The zero-order chi connectivity index (χ0) is 22.4. The Hall–Kier alpha value is -2.22. The normalized spacial score (nSPS) is 21.0. The second-order valence-electron chi connectivity index (χ2n) is 9.46. The molecule has 0 radical (unpaired) electrons. The molecule has 4 rings (SSSR count). The highest BCUT2D eigenvalue weighted by Gasteiger charge is 2.38. The van der Waals surface area contributed by atoms with Crippen LogP contribution in [0, 0.1) is 0 Å². The van der Waals surface area contributed by atoms with Gasteiger partial charge in [-0.2, -0.15) is 0 Å². The topological polar surface area (TPSA) is 69.0 Å². The van der Waals surface area contributed by atoms with E-state index < -0.39 is 17.6 Å². The third-order valence-electron chi connectivity index (χ3n) is 5.74. The standard InChI is InChI=1S/C22H27ClF2N4O2/c1-21(2,3)31-20(30)26-16-11-14-10-15(23)4-5-17(14)29-18(12-16)27-28-19(29)13-6-8-22(24,25)9-7-13/h4-5,10,13,16H,6-9,11-12H2,1-3H3,(H,26,30). The fraction of sp³-hybridized carbons (Fsp3) is 0.591. The Morgan fingerprint density at radius 3 is 2.61 bits per heavy atom. The van der Waals surface area contributed by atoms with Crippen LogP contribution in [0.1, 0.15) is 69.6 Å².